The molecular weight excluding hydrogens is 240 g/mol. The minimum atomic E-state index is 0.678. The van der Waals surface area contributed by atoms with Crippen molar-refractivity contribution in [3.8, 4) is 0 Å². The standard InChI is InChI=1S/C11H17BrN2/c1-2-11-9(7-12)8-13-14(11)10-5-3-4-6-10/h8,10H,2-7H2,1H3. The molecule has 0 atom stereocenters. The van der Waals surface area contributed by atoms with E-state index in [1.165, 1.54) is 36.9 Å². The molecule has 0 spiro atoms. The smallest absolute Gasteiger partial charge is 0.0533 e. The van der Waals surface area contributed by atoms with Crippen LogP contribution in [0, 0.1) is 0 Å². The van der Waals surface area contributed by atoms with E-state index in [0.29, 0.717) is 6.04 Å². The molecule has 0 amide bonds. The summed E-state index contributed by atoms with van der Waals surface area (Å²) in [6, 6.07) is 0.678. The van der Waals surface area contributed by atoms with Gasteiger partial charge in [-0.25, -0.2) is 0 Å². The molecule has 1 fully saturated rings. The van der Waals surface area contributed by atoms with Gasteiger partial charge >= 0.3 is 0 Å². The summed E-state index contributed by atoms with van der Waals surface area (Å²) in [5, 5.41) is 5.46. The average Bonchev–Trinajstić information content (AvgIpc) is 2.85. The molecule has 0 aliphatic heterocycles. The summed E-state index contributed by atoms with van der Waals surface area (Å²) in [7, 11) is 0. The molecule has 1 aromatic heterocycles. The molecule has 1 heterocycles. The summed E-state index contributed by atoms with van der Waals surface area (Å²) < 4.78 is 2.27. The Bertz CT molecular complexity index is 300. The van der Waals surface area contributed by atoms with E-state index < -0.39 is 0 Å². The molecule has 0 radical (unpaired) electrons. The monoisotopic (exact) mass is 256 g/mol. The van der Waals surface area contributed by atoms with Crippen molar-refractivity contribution in [2.75, 3.05) is 0 Å². The third-order valence-corrected chi connectivity index (χ3v) is 3.74. The van der Waals surface area contributed by atoms with Gasteiger partial charge in [-0.2, -0.15) is 5.10 Å². The van der Waals surface area contributed by atoms with Gasteiger partial charge < -0.3 is 0 Å². The van der Waals surface area contributed by atoms with E-state index in [0.717, 1.165) is 11.8 Å². The van der Waals surface area contributed by atoms with Crippen molar-refractivity contribution in [3.05, 3.63) is 17.5 Å². The van der Waals surface area contributed by atoms with E-state index in [4.69, 9.17) is 0 Å². The molecule has 1 aliphatic rings. The number of rotatable bonds is 3. The predicted molar refractivity (Wildman–Crippen MR) is 61.7 cm³/mol. The van der Waals surface area contributed by atoms with Crippen LogP contribution in [-0.4, -0.2) is 9.78 Å². The van der Waals surface area contributed by atoms with Crippen LogP contribution in [-0.2, 0) is 11.8 Å². The second-order valence-corrected chi connectivity index (χ2v) is 4.55. The Morgan fingerprint density at radius 2 is 2.21 bits per heavy atom. The van der Waals surface area contributed by atoms with Gasteiger partial charge in [0.15, 0.2) is 0 Å². The van der Waals surface area contributed by atoms with Crippen LogP contribution in [0.5, 0.6) is 0 Å². The van der Waals surface area contributed by atoms with Crippen LogP contribution in [0.2, 0.25) is 0 Å². The van der Waals surface area contributed by atoms with Crippen molar-refractivity contribution in [1.29, 1.82) is 0 Å². The zero-order valence-corrected chi connectivity index (χ0v) is 10.3. The average molecular weight is 257 g/mol. The van der Waals surface area contributed by atoms with Crippen molar-refractivity contribution in [2.24, 2.45) is 0 Å². The number of alkyl halides is 1. The Balaban J connectivity index is 2.27. The predicted octanol–water partition coefficient (Wildman–Crippen LogP) is 3.46. The third kappa shape index (κ3) is 1.74. The minimum Gasteiger partial charge on any atom is -0.266 e. The molecule has 14 heavy (non-hydrogen) atoms. The van der Waals surface area contributed by atoms with Crippen molar-refractivity contribution in [2.45, 2.75) is 50.4 Å². The lowest BCUT2D eigenvalue weighted by atomic mass is 10.2. The summed E-state index contributed by atoms with van der Waals surface area (Å²) in [6.07, 6.45) is 8.49. The third-order valence-electron chi connectivity index (χ3n) is 3.13. The first kappa shape index (κ1) is 10.2. The fourth-order valence-electron chi connectivity index (χ4n) is 2.39. The molecule has 0 bridgehead atoms. The summed E-state index contributed by atoms with van der Waals surface area (Å²) >= 11 is 3.52. The SMILES string of the molecule is CCc1c(CBr)cnn1C1CCCC1. The molecular formula is C11H17BrN2. The van der Waals surface area contributed by atoms with Gasteiger partial charge in [0, 0.05) is 16.6 Å². The van der Waals surface area contributed by atoms with Crippen LogP contribution in [0.25, 0.3) is 0 Å². The lowest BCUT2D eigenvalue weighted by Crippen LogP contribution is -2.10. The highest BCUT2D eigenvalue weighted by Gasteiger charge is 2.20. The Labute approximate surface area is 93.8 Å². The van der Waals surface area contributed by atoms with Crippen LogP contribution < -0.4 is 0 Å². The Hall–Kier alpha value is -0.310. The zero-order chi connectivity index (χ0) is 9.97. The molecule has 3 heteroatoms. The summed E-state index contributed by atoms with van der Waals surface area (Å²) in [5.74, 6) is 0. The van der Waals surface area contributed by atoms with E-state index in [-0.39, 0.29) is 0 Å². The molecule has 0 unspecified atom stereocenters. The van der Waals surface area contributed by atoms with Gasteiger partial charge in [-0.1, -0.05) is 35.7 Å². The topological polar surface area (TPSA) is 17.8 Å². The van der Waals surface area contributed by atoms with Crippen molar-refractivity contribution >= 4 is 15.9 Å². The Morgan fingerprint density at radius 3 is 2.79 bits per heavy atom. The van der Waals surface area contributed by atoms with Crippen LogP contribution >= 0.6 is 15.9 Å². The van der Waals surface area contributed by atoms with Gasteiger partial charge in [0.25, 0.3) is 0 Å². The number of halogens is 1. The first-order valence-electron chi connectivity index (χ1n) is 5.48. The van der Waals surface area contributed by atoms with Gasteiger partial charge in [-0.15, -0.1) is 0 Å². The van der Waals surface area contributed by atoms with Gasteiger partial charge in [-0.3, -0.25) is 4.68 Å². The highest BCUT2D eigenvalue weighted by molar-refractivity contribution is 9.08. The highest BCUT2D eigenvalue weighted by Crippen LogP contribution is 2.31. The lowest BCUT2D eigenvalue weighted by Gasteiger charge is -2.13. The number of hydrogen-bond acceptors (Lipinski definition) is 1. The van der Waals surface area contributed by atoms with E-state index in [9.17, 15) is 0 Å². The summed E-state index contributed by atoms with van der Waals surface area (Å²) in [6.45, 7) is 2.22. The molecule has 0 N–H and O–H groups in total. The van der Waals surface area contributed by atoms with Gasteiger partial charge in [0.05, 0.1) is 12.2 Å². The first-order chi connectivity index (χ1) is 6.86. The van der Waals surface area contributed by atoms with Gasteiger partial charge in [-0.05, 0) is 19.3 Å². The minimum absolute atomic E-state index is 0.678. The van der Waals surface area contributed by atoms with Crippen molar-refractivity contribution < 1.29 is 0 Å². The quantitative estimate of drug-likeness (QED) is 0.758. The number of nitrogens with zero attached hydrogens (tertiary/aromatic N) is 2. The maximum Gasteiger partial charge on any atom is 0.0533 e. The first-order valence-corrected chi connectivity index (χ1v) is 6.60. The maximum atomic E-state index is 4.53. The second kappa shape index (κ2) is 4.47. The van der Waals surface area contributed by atoms with Crippen molar-refractivity contribution in [1.82, 2.24) is 9.78 Å². The van der Waals surface area contributed by atoms with Crippen LogP contribution in [0.4, 0.5) is 0 Å². The fraction of sp³-hybridized carbons (Fsp3) is 0.727. The normalized spacial score (nSPS) is 17.9. The van der Waals surface area contributed by atoms with E-state index in [1.807, 2.05) is 6.20 Å². The molecule has 0 saturated heterocycles. The zero-order valence-electron chi connectivity index (χ0n) is 8.67. The molecule has 2 nitrogen and oxygen atoms in total. The van der Waals surface area contributed by atoms with Crippen LogP contribution in [0.3, 0.4) is 0 Å². The molecule has 1 aromatic rings. The largest absolute Gasteiger partial charge is 0.266 e. The van der Waals surface area contributed by atoms with E-state index in [1.54, 1.807) is 0 Å². The number of hydrogen-bond donors (Lipinski definition) is 0. The molecule has 2 rings (SSSR count). The Kier molecular flexibility index (Phi) is 3.26. The van der Waals surface area contributed by atoms with Crippen molar-refractivity contribution in [3.63, 3.8) is 0 Å². The number of aromatic nitrogens is 2. The molecule has 78 valence electrons. The van der Waals surface area contributed by atoms with Crippen LogP contribution in [0.1, 0.15) is 49.9 Å². The highest BCUT2D eigenvalue weighted by atomic mass is 79.9. The lowest BCUT2D eigenvalue weighted by molar-refractivity contribution is 0.451. The van der Waals surface area contributed by atoms with E-state index >= 15 is 0 Å². The molecule has 1 saturated carbocycles. The summed E-state index contributed by atoms with van der Waals surface area (Å²) in [5.41, 5.74) is 2.79. The maximum absolute atomic E-state index is 4.53. The van der Waals surface area contributed by atoms with Gasteiger partial charge in [0.1, 0.15) is 0 Å². The van der Waals surface area contributed by atoms with Crippen LogP contribution in [0.15, 0.2) is 6.20 Å². The fourth-order valence-corrected chi connectivity index (χ4v) is 2.86. The molecule has 1 aliphatic carbocycles. The van der Waals surface area contributed by atoms with E-state index in [2.05, 4.69) is 32.6 Å². The molecule has 0 aromatic carbocycles. The summed E-state index contributed by atoms with van der Waals surface area (Å²) in [4.78, 5) is 0. The van der Waals surface area contributed by atoms with Gasteiger partial charge in [0.2, 0.25) is 0 Å². The second-order valence-electron chi connectivity index (χ2n) is 3.99. The Morgan fingerprint density at radius 1 is 1.50 bits per heavy atom.